The van der Waals surface area contributed by atoms with E-state index in [9.17, 15) is 4.79 Å². The first-order chi connectivity index (χ1) is 9.84. The molecule has 2 fully saturated rings. The molecule has 0 aliphatic carbocycles. The van der Waals surface area contributed by atoms with Gasteiger partial charge in [0.15, 0.2) is 11.5 Å². The lowest BCUT2D eigenvalue weighted by atomic mass is 10.2. The summed E-state index contributed by atoms with van der Waals surface area (Å²) < 4.78 is 0. The summed E-state index contributed by atoms with van der Waals surface area (Å²) in [6.45, 7) is 3.81. The molecule has 5 heteroatoms. The molecule has 1 aromatic heterocycles. The number of hydrogen-bond donors (Lipinski definition) is 0. The van der Waals surface area contributed by atoms with E-state index in [1.165, 1.54) is 25.7 Å². The van der Waals surface area contributed by atoms with Crippen LogP contribution in [0.3, 0.4) is 0 Å². The van der Waals surface area contributed by atoms with Crippen molar-refractivity contribution in [2.24, 2.45) is 0 Å². The Morgan fingerprint density at radius 1 is 0.850 bits per heavy atom. The number of amides is 1. The molecule has 3 heterocycles. The Morgan fingerprint density at radius 2 is 1.50 bits per heavy atom. The first kappa shape index (κ1) is 13.3. The predicted molar refractivity (Wildman–Crippen MR) is 77.9 cm³/mol. The van der Waals surface area contributed by atoms with Gasteiger partial charge >= 0.3 is 0 Å². The normalized spacial score (nSPS) is 20.0. The van der Waals surface area contributed by atoms with Gasteiger partial charge in [0.25, 0.3) is 5.91 Å². The van der Waals surface area contributed by atoms with Gasteiger partial charge in [-0.1, -0.05) is 12.8 Å². The second-order valence-electron chi connectivity index (χ2n) is 5.68. The van der Waals surface area contributed by atoms with Crippen molar-refractivity contribution in [1.82, 2.24) is 15.1 Å². The highest BCUT2D eigenvalue weighted by Gasteiger charge is 2.21. The molecule has 0 unspecified atom stereocenters. The second kappa shape index (κ2) is 6.20. The van der Waals surface area contributed by atoms with Gasteiger partial charge in [0.05, 0.1) is 0 Å². The standard InChI is InChI=1S/C15H22N4O/c20-15(19-11-5-6-12-19)13-7-8-14(17-16-13)18-9-3-1-2-4-10-18/h7-8H,1-6,9-12H2. The van der Waals surface area contributed by atoms with Gasteiger partial charge in [0.2, 0.25) is 0 Å². The van der Waals surface area contributed by atoms with Crippen LogP contribution in [0.25, 0.3) is 0 Å². The molecule has 0 aromatic carbocycles. The zero-order valence-corrected chi connectivity index (χ0v) is 11.9. The number of carbonyl (C=O) groups excluding carboxylic acids is 1. The average Bonchev–Trinajstić information content (AvgIpc) is 2.89. The molecule has 5 nitrogen and oxygen atoms in total. The minimum absolute atomic E-state index is 0.0254. The highest BCUT2D eigenvalue weighted by Crippen LogP contribution is 2.17. The number of likely N-dealkylation sites (tertiary alicyclic amines) is 1. The van der Waals surface area contributed by atoms with Crippen LogP contribution < -0.4 is 4.90 Å². The van der Waals surface area contributed by atoms with E-state index in [0.29, 0.717) is 5.69 Å². The fraction of sp³-hybridized carbons (Fsp3) is 0.667. The molecule has 0 radical (unpaired) electrons. The third kappa shape index (κ3) is 2.92. The average molecular weight is 274 g/mol. The first-order valence-corrected chi connectivity index (χ1v) is 7.72. The molecule has 108 valence electrons. The van der Waals surface area contributed by atoms with Crippen LogP contribution in [-0.4, -0.2) is 47.2 Å². The number of rotatable bonds is 2. The SMILES string of the molecule is O=C(c1ccc(N2CCCCCC2)nn1)N1CCCC1. The molecule has 0 bridgehead atoms. The Bertz CT molecular complexity index is 445. The van der Waals surface area contributed by atoms with Gasteiger partial charge < -0.3 is 9.80 Å². The van der Waals surface area contributed by atoms with Crippen molar-refractivity contribution < 1.29 is 4.79 Å². The molecule has 0 saturated carbocycles. The molecule has 2 aliphatic rings. The number of hydrogen-bond acceptors (Lipinski definition) is 4. The summed E-state index contributed by atoms with van der Waals surface area (Å²) in [4.78, 5) is 16.4. The Morgan fingerprint density at radius 3 is 2.10 bits per heavy atom. The maximum Gasteiger partial charge on any atom is 0.274 e. The summed E-state index contributed by atoms with van der Waals surface area (Å²) in [5.41, 5.74) is 0.477. The Balaban J connectivity index is 1.68. The van der Waals surface area contributed by atoms with Crippen LogP contribution in [0.1, 0.15) is 49.0 Å². The quantitative estimate of drug-likeness (QED) is 0.828. The highest BCUT2D eigenvalue weighted by molar-refractivity contribution is 5.92. The van der Waals surface area contributed by atoms with Crippen LogP contribution in [0, 0.1) is 0 Å². The van der Waals surface area contributed by atoms with Crippen LogP contribution in [0.2, 0.25) is 0 Å². The maximum absolute atomic E-state index is 12.2. The molecule has 0 spiro atoms. The van der Waals surface area contributed by atoms with Crippen LogP contribution in [-0.2, 0) is 0 Å². The minimum Gasteiger partial charge on any atom is -0.355 e. The topological polar surface area (TPSA) is 49.3 Å². The lowest BCUT2D eigenvalue weighted by Gasteiger charge is -2.21. The van der Waals surface area contributed by atoms with E-state index in [1.807, 2.05) is 17.0 Å². The molecule has 20 heavy (non-hydrogen) atoms. The van der Waals surface area contributed by atoms with Crippen molar-refractivity contribution >= 4 is 11.7 Å². The number of aromatic nitrogens is 2. The first-order valence-electron chi connectivity index (χ1n) is 7.72. The summed E-state index contributed by atoms with van der Waals surface area (Å²) in [5, 5.41) is 8.41. The van der Waals surface area contributed by atoms with E-state index in [1.54, 1.807) is 0 Å². The fourth-order valence-corrected chi connectivity index (χ4v) is 2.99. The van der Waals surface area contributed by atoms with Gasteiger partial charge in [-0.3, -0.25) is 4.79 Å². The smallest absolute Gasteiger partial charge is 0.274 e. The van der Waals surface area contributed by atoms with E-state index >= 15 is 0 Å². The third-order valence-corrected chi connectivity index (χ3v) is 4.19. The van der Waals surface area contributed by atoms with Gasteiger partial charge in [-0.25, -0.2) is 0 Å². The lowest BCUT2D eigenvalue weighted by Crippen LogP contribution is -2.29. The molecule has 3 rings (SSSR count). The van der Waals surface area contributed by atoms with E-state index in [0.717, 1.165) is 44.8 Å². The van der Waals surface area contributed by atoms with Gasteiger partial charge in [-0.15, -0.1) is 10.2 Å². The van der Waals surface area contributed by atoms with Crippen LogP contribution >= 0.6 is 0 Å². The number of anilines is 1. The Kier molecular flexibility index (Phi) is 4.14. The monoisotopic (exact) mass is 274 g/mol. The summed E-state index contributed by atoms with van der Waals surface area (Å²) in [6.07, 6.45) is 7.24. The fourth-order valence-electron chi connectivity index (χ4n) is 2.99. The van der Waals surface area contributed by atoms with Crippen molar-refractivity contribution in [1.29, 1.82) is 0 Å². The largest absolute Gasteiger partial charge is 0.355 e. The third-order valence-electron chi connectivity index (χ3n) is 4.19. The lowest BCUT2D eigenvalue weighted by molar-refractivity contribution is 0.0786. The van der Waals surface area contributed by atoms with Gasteiger partial charge in [-0.05, 0) is 37.8 Å². The summed E-state index contributed by atoms with van der Waals surface area (Å²) in [6, 6.07) is 3.77. The zero-order chi connectivity index (χ0) is 13.8. The Hall–Kier alpha value is -1.65. The van der Waals surface area contributed by atoms with Crippen molar-refractivity contribution in [3.05, 3.63) is 17.8 Å². The van der Waals surface area contributed by atoms with E-state index in [4.69, 9.17) is 0 Å². The van der Waals surface area contributed by atoms with Crippen molar-refractivity contribution in [2.45, 2.75) is 38.5 Å². The van der Waals surface area contributed by atoms with Gasteiger partial charge in [-0.2, -0.15) is 0 Å². The minimum atomic E-state index is 0.0254. The molecule has 1 amide bonds. The van der Waals surface area contributed by atoms with Gasteiger partial charge in [0.1, 0.15) is 0 Å². The van der Waals surface area contributed by atoms with Crippen LogP contribution in [0.5, 0.6) is 0 Å². The summed E-state index contributed by atoms with van der Waals surface area (Å²) in [7, 11) is 0. The molecule has 0 atom stereocenters. The molecule has 2 saturated heterocycles. The second-order valence-corrected chi connectivity index (χ2v) is 5.68. The summed E-state index contributed by atoms with van der Waals surface area (Å²) >= 11 is 0. The van der Waals surface area contributed by atoms with E-state index in [2.05, 4.69) is 15.1 Å². The van der Waals surface area contributed by atoms with Crippen molar-refractivity contribution in [3.8, 4) is 0 Å². The molecule has 2 aliphatic heterocycles. The molecular formula is C15H22N4O. The molecular weight excluding hydrogens is 252 g/mol. The van der Waals surface area contributed by atoms with Crippen LogP contribution in [0.4, 0.5) is 5.82 Å². The molecule has 1 aromatic rings. The van der Waals surface area contributed by atoms with E-state index in [-0.39, 0.29) is 5.91 Å². The highest BCUT2D eigenvalue weighted by atomic mass is 16.2. The summed E-state index contributed by atoms with van der Waals surface area (Å²) in [5.74, 6) is 0.933. The van der Waals surface area contributed by atoms with E-state index < -0.39 is 0 Å². The maximum atomic E-state index is 12.2. The van der Waals surface area contributed by atoms with Gasteiger partial charge in [0, 0.05) is 26.2 Å². The van der Waals surface area contributed by atoms with Crippen LogP contribution in [0.15, 0.2) is 12.1 Å². The van der Waals surface area contributed by atoms with Crippen molar-refractivity contribution in [2.75, 3.05) is 31.1 Å². The molecule has 0 N–H and O–H groups in total. The number of nitrogens with zero attached hydrogens (tertiary/aromatic N) is 4. The zero-order valence-electron chi connectivity index (χ0n) is 11.9. The number of carbonyl (C=O) groups is 1. The Labute approximate surface area is 120 Å². The van der Waals surface area contributed by atoms with Crippen molar-refractivity contribution in [3.63, 3.8) is 0 Å². The predicted octanol–water partition coefficient (Wildman–Crippen LogP) is 2.09.